The first-order chi connectivity index (χ1) is 13.0. The number of ketones is 1. The molecule has 0 unspecified atom stereocenters. The SMILES string of the molecule is COc1ccc(C(C)=O)cc1CSc1nnc(Nc2ccc(C)c(C)c2)s1. The fourth-order valence-corrected chi connectivity index (χ4v) is 4.26. The highest BCUT2D eigenvalue weighted by atomic mass is 32.2. The van der Waals surface area contributed by atoms with E-state index in [0.29, 0.717) is 11.3 Å². The van der Waals surface area contributed by atoms with E-state index >= 15 is 0 Å². The Balaban J connectivity index is 1.68. The molecule has 2 aromatic carbocycles. The third kappa shape index (κ3) is 4.87. The van der Waals surface area contributed by atoms with Crippen LogP contribution in [0.5, 0.6) is 5.75 Å². The summed E-state index contributed by atoms with van der Waals surface area (Å²) >= 11 is 3.08. The normalized spacial score (nSPS) is 10.7. The molecule has 0 saturated heterocycles. The van der Waals surface area contributed by atoms with Crippen molar-refractivity contribution in [2.24, 2.45) is 0 Å². The number of Topliss-reactive ketones (excluding diaryl/α,β-unsaturated/α-hetero) is 1. The van der Waals surface area contributed by atoms with Crippen LogP contribution >= 0.6 is 23.1 Å². The van der Waals surface area contributed by atoms with Crippen LogP contribution in [-0.4, -0.2) is 23.1 Å². The third-order valence-electron chi connectivity index (χ3n) is 4.20. The molecule has 1 aromatic heterocycles. The summed E-state index contributed by atoms with van der Waals surface area (Å²) in [6.07, 6.45) is 0. The van der Waals surface area contributed by atoms with Crippen molar-refractivity contribution >= 4 is 39.7 Å². The maximum Gasteiger partial charge on any atom is 0.210 e. The highest BCUT2D eigenvalue weighted by molar-refractivity contribution is 8.00. The number of benzene rings is 2. The molecule has 1 N–H and O–H groups in total. The van der Waals surface area contributed by atoms with Gasteiger partial charge in [0.15, 0.2) is 10.1 Å². The van der Waals surface area contributed by atoms with E-state index in [1.807, 2.05) is 18.2 Å². The Morgan fingerprint density at radius 2 is 1.96 bits per heavy atom. The van der Waals surface area contributed by atoms with Gasteiger partial charge in [-0.3, -0.25) is 4.79 Å². The number of aryl methyl sites for hydroxylation is 2. The minimum absolute atomic E-state index is 0.0414. The van der Waals surface area contributed by atoms with Crippen molar-refractivity contribution in [1.29, 1.82) is 0 Å². The van der Waals surface area contributed by atoms with Crippen LogP contribution in [0.2, 0.25) is 0 Å². The van der Waals surface area contributed by atoms with E-state index in [-0.39, 0.29) is 5.78 Å². The lowest BCUT2D eigenvalue weighted by atomic mass is 10.1. The van der Waals surface area contributed by atoms with E-state index in [1.54, 1.807) is 31.9 Å². The standard InChI is InChI=1S/C20H21N3O2S2/c1-12-5-7-17(9-13(12)2)21-19-22-23-20(27-19)26-11-16-10-15(14(3)24)6-8-18(16)25-4/h5-10H,11H2,1-4H3,(H,21,22). The lowest BCUT2D eigenvalue weighted by Gasteiger charge is -2.08. The van der Waals surface area contributed by atoms with E-state index in [1.165, 1.54) is 22.5 Å². The number of thioether (sulfide) groups is 1. The molecule has 0 bridgehead atoms. The Morgan fingerprint density at radius 1 is 1.15 bits per heavy atom. The van der Waals surface area contributed by atoms with Crippen LogP contribution in [0.25, 0.3) is 0 Å². The number of rotatable bonds is 7. The van der Waals surface area contributed by atoms with Crippen molar-refractivity contribution in [2.75, 3.05) is 12.4 Å². The van der Waals surface area contributed by atoms with E-state index in [4.69, 9.17) is 4.74 Å². The Hall–Kier alpha value is -2.38. The summed E-state index contributed by atoms with van der Waals surface area (Å²) in [6, 6.07) is 11.7. The highest BCUT2D eigenvalue weighted by Gasteiger charge is 2.11. The second-order valence-electron chi connectivity index (χ2n) is 6.17. The van der Waals surface area contributed by atoms with Crippen LogP contribution in [0.3, 0.4) is 0 Å². The number of carbonyl (C=O) groups is 1. The molecule has 0 atom stereocenters. The number of nitrogens with zero attached hydrogens (tertiary/aromatic N) is 2. The fraction of sp³-hybridized carbons (Fsp3) is 0.250. The first kappa shape index (κ1) is 19.4. The first-order valence-electron chi connectivity index (χ1n) is 8.44. The molecule has 5 nitrogen and oxygen atoms in total. The summed E-state index contributed by atoms with van der Waals surface area (Å²) in [5.41, 5.74) is 5.14. The molecule has 0 aliphatic rings. The van der Waals surface area contributed by atoms with Gasteiger partial charge in [-0.05, 0) is 62.2 Å². The topological polar surface area (TPSA) is 64.1 Å². The van der Waals surface area contributed by atoms with E-state index < -0.39 is 0 Å². The van der Waals surface area contributed by atoms with Crippen LogP contribution in [0.1, 0.15) is 34.0 Å². The predicted octanol–water partition coefficient (Wildman–Crippen LogP) is 5.40. The first-order valence-corrected chi connectivity index (χ1v) is 10.2. The van der Waals surface area contributed by atoms with Gasteiger partial charge in [-0.2, -0.15) is 0 Å². The van der Waals surface area contributed by atoms with Gasteiger partial charge < -0.3 is 10.1 Å². The summed E-state index contributed by atoms with van der Waals surface area (Å²) in [5, 5.41) is 12.5. The van der Waals surface area contributed by atoms with Crippen LogP contribution in [0, 0.1) is 13.8 Å². The van der Waals surface area contributed by atoms with E-state index in [9.17, 15) is 4.79 Å². The summed E-state index contributed by atoms with van der Waals surface area (Å²) in [7, 11) is 1.63. The molecule has 7 heteroatoms. The molecule has 0 spiro atoms. The largest absolute Gasteiger partial charge is 0.496 e. The number of anilines is 2. The molecule has 3 aromatic rings. The number of carbonyl (C=O) groups excluding carboxylic acids is 1. The van der Waals surface area contributed by atoms with Gasteiger partial charge >= 0.3 is 0 Å². The van der Waals surface area contributed by atoms with Crippen molar-refractivity contribution < 1.29 is 9.53 Å². The van der Waals surface area contributed by atoms with Gasteiger partial charge in [-0.25, -0.2) is 0 Å². The zero-order chi connectivity index (χ0) is 19.4. The highest BCUT2D eigenvalue weighted by Crippen LogP contribution is 2.33. The van der Waals surface area contributed by atoms with Crippen LogP contribution in [0.15, 0.2) is 40.7 Å². The molecule has 0 aliphatic heterocycles. The van der Waals surface area contributed by atoms with Crippen molar-refractivity contribution in [3.63, 3.8) is 0 Å². The van der Waals surface area contributed by atoms with Crippen molar-refractivity contribution in [3.05, 3.63) is 58.7 Å². The number of hydrogen-bond acceptors (Lipinski definition) is 7. The number of nitrogens with one attached hydrogen (secondary N) is 1. The molecule has 0 saturated carbocycles. The van der Waals surface area contributed by atoms with Gasteiger partial charge in [0.2, 0.25) is 5.13 Å². The number of aromatic nitrogens is 2. The zero-order valence-electron chi connectivity index (χ0n) is 15.7. The summed E-state index contributed by atoms with van der Waals surface area (Å²) < 4.78 is 6.26. The molecule has 3 rings (SSSR count). The molecule has 0 radical (unpaired) electrons. The van der Waals surface area contributed by atoms with E-state index in [2.05, 4.69) is 41.5 Å². The lowest BCUT2D eigenvalue weighted by Crippen LogP contribution is -1.96. The van der Waals surface area contributed by atoms with Crippen molar-refractivity contribution in [1.82, 2.24) is 10.2 Å². The van der Waals surface area contributed by atoms with Gasteiger partial charge in [0.25, 0.3) is 0 Å². The van der Waals surface area contributed by atoms with E-state index in [0.717, 1.165) is 26.5 Å². The van der Waals surface area contributed by atoms with Gasteiger partial charge in [0, 0.05) is 22.6 Å². The average molecular weight is 400 g/mol. The number of hydrogen-bond donors (Lipinski definition) is 1. The summed E-state index contributed by atoms with van der Waals surface area (Å²) in [6.45, 7) is 5.74. The number of ether oxygens (including phenoxy) is 1. The maximum absolute atomic E-state index is 11.6. The molecule has 140 valence electrons. The van der Waals surface area contributed by atoms with Crippen LogP contribution in [-0.2, 0) is 5.75 Å². The monoisotopic (exact) mass is 399 g/mol. The maximum atomic E-state index is 11.6. The van der Waals surface area contributed by atoms with Gasteiger partial charge in [-0.1, -0.05) is 29.2 Å². The Morgan fingerprint density at radius 3 is 2.67 bits per heavy atom. The van der Waals surface area contributed by atoms with Gasteiger partial charge in [-0.15, -0.1) is 10.2 Å². The Labute approximate surface area is 167 Å². The minimum atomic E-state index is 0.0414. The molecular weight excluding hydrogens is 378 g/mol. The lowest BCUT2D eigenvalue weighted by molar-refractivity contribution is 0.101. The molecule has 0 aliphatic carbocycles. The Bertz CT molecular complexity index is 970. The average Bonchev–Trinajstić information content (AvgIpc) is 3.10. The van der Waals surface area contributed by atoms with Crippen LogP contribution in [0.4, 0.5) is 10.8 Å². The third-order valence-corrected chi connectivity index (χ3v) is 6.22. The minimum Gasteiger partial charge on any atom is -0.496 e. The number of methoxy groups -OCH3 is 1. The zero-order valence-corrected chi connectivity index (χ0v) is 17.3. The van der Waals surface area contributed by atoms with Gasteiger partial charge in [0.1, 0.15) is 5.75 Å². The quantitative estimate of drug-likeness (QED) is 0.424. The molecule has 0 amide bonds. The second-order valence-corrected chi connectivity index (χ2v) is 8.37. The second kappa shape index (κ2) is 8.54. The molecule has 27 heavy (non-hydrogen) atoms. The molecule has 1 heterocycles. The summed E-state index contributed by atoms with van der Waals surface area (Å²) in [5.74, 6) is 1.47. The summed E-state index contributed by atoms with van der Waals surface area (Å²) in [4.78, 5) is 11.6. The fourth-order valence-electron chi connectivity index (χ4n) is 2.51. The smallest absolute Gasteiger partial charge is 0.210 e. The van der Waals surface area contributed by atoms with Crippen LogP contribution < -0.4 is 10.1 Å². The van der Waals surface area contributed by atoms with Gasteiger partial charge in [0.05, 0.1) is 7.11 Å². The predicted molar refractivity (Wildman–Crippen MR) is 112 cm³/mol. The molecular formula is C20H21N3O2S2. The molecule has 0 fully saturated rings. The Kier molecular flexibility index (Phi) is 6.13. The van der Waals surface area contributed by atoms with Crippen molar-refractivity contribution in [3.8, 4) is 5.75 Å². The van der Waals surface area contributed by atoms with Crippen molar-refractivity contribution in [2.45, 2.75) is 30.9 Å².